The maximum Gasteiger partial charge on any atom is 0.254 e. The second-order valence-corrected chi connectivity index (χ2v) is 6.18. The summed E-state index contributed by atoms with van der Waals surface area (Å²) in [7, 11) is 0. The van der Waals surface area contributed by atoms with Crippen LogP contribution in [-0.4, -0.2) is 51.9 Å². The van der Waals surface area contributed by atoms with Crippen LogP contribution in [-0.2, 0) is 0 Å². The van der Waals surface area contributed by atoms with Gasteiger partial charge in [-0.2, -0.15) is 0 Å². The fourth-order valence-electron chi connectivity index (χ4n) is 3.11. The molecule has 0 saturated carbocycles. The van der Waals surface area contributed by atoms with Gasteiger partial charge in [0.25, 0.3) is 5.91 Å². The number of aromatic amines is 1. The van der Waals surface area contributed by atoms with E-state index in [0.717, 1.165) is 18.8 Å². The number of hydrogen-bond donors (Lipinski definition) is 1. The Morgan fingerprint density at radius 3 is 2.58 bits per heavy atom. The van der Waals surface area contributed by atoms with Crippen LogP contribution in [0.1, 0.15) is 34.7 Å². The smallest absolute Gasteiger partial charge is 0.254 e. The summed E-state index contributed by atoms with van der Waals surface area (Å²) in [6, 6.07) is 9.27. The molecule has 126 valence electrons. The van der Waals surface area contributed by atoms with E-state index in [0.29, 0.717) is 24.3 Å². The van der Waals surface area contributed by atoms with Gasteiger partial charge in [-0.05, 0) is 32.0 Å². The van der Waals surface area contributed by atoms with Gasteiger partial charge in [-0.15, -0.1) is 0 Å². The molecule has 0 spiro atoms. The lowest BCUT2D eigenvalue weighted by Crippen LogP contribution is -2.49. The van der Waals surface area contributed by atoms with Crippen LogP contribution in [0.25, 0.3) is 0 Å². The van der Waals surface area contributed by atoms with E-state index < -0.39 is 0 Å². The third kappa shape index (κ3) is 3.54. The van der Waals surface area contributed by atoms with E-state index in [1.807, 2.05) is 23.1 Å². The number of H-pyrrole nitrogens is 1. The molecular weight excluding hydrogens is 304 g/mol. The van der Waals surface area contributed by atoms with Crippen molar-refractivity contribution in [3.05, 3.63) is 63.8 Å². The molecule has 1 N–H and O–H groups in total. The lowest BCUT2D eigenvalue weighted by Gasteiger charge is -2.37. The summed E-state index contributed by atoms with van der Waals surface area (Å²) in [6.45, 7) is 6.82. The number of carbonyl (C=O) groups is 1. The van der Waals surface area contributed by atoms with E-state index in [-0.39, 0.29) is 17.5 Å². The maximum absolute atomic E-state index is 12.6. The molecule has 6 heteroatoms. The second kappa shape index (κ2) is 6.97. The van der Waals surface area contributed by atoms with Gasteiger partial charge in [-0.1, -0.05) is 6.07 Å². The Morgan fingerprint density at radius 1 is 1.21 bits per heavy atom. The third-order valence-corrected chi connectivity index (χ3v) is 4.49. The van der Waals surface area contributed by atoms with Gasteiger partial charge < -0.3 is 9.88 Å². The predicted octanol–water partition coefficient (Wildman–Crippen LogP) is 1.60. The number of nitrogens with zero attached hydrogens (tertiary/aromatic N) is 3. The van der Waals surface area contributed by atoms with Crippen molar-refractivity contribution in [3.63, 3.8) is 0 Å². The Bertz CT molecular complexity index is 764. The van der Waals surface area contributed by atoms with Crippen molar-refractivity contribution < 1.29 is 4.79 Å². The minimum absolute atomic E-state index is 0.0747. The predicted molar refractivity (Wildman–Crippen MR) is 91.9 cm³/mol. The zero-order valence-electron chi connectivity index (χ0n) is 14.0. The van der Waals surface area contributed by atoms with E-state index in [9.17, 15) is 9.59 Å². The van der Waals surface area contributed by atoms with Gasteiger partial charge in [0, 0.05) is 55.7 Å². The zero-order chi connectivity index (χ0) is 17.1. The fourth-order valence-corrected chi connectivity index (χ4v) is 3.11. The third-order valence-electron chi connectivity index (χ3n) is 4.49. The highest BCUT2D eigenvalue weighted by Gasteiger charge is 2.26. The number of piperazine rings is 1. The average molecular weight is 326 g/mol. The molecule has 1 atom stereocenters. The number of rotatable bonds is 3. The Balaban J connectivity index is 1.64. The van der Waals surface area contributed by atoms with E-state index in [4.69, 9.17) is 0 Å². The lowest BCUT2D eigenvalue weighted by molar-refractivity contribution is 0.0578. The van der Waals surface area contributed by atoms with Crippen molar-refractivity contribution in [2.75, 3.05) is 26.2 Å². The van der Waals surface area contributed by atoms with Gasteiger partial charge in [0.05, 0.1) is 5.69 Å². The van der Waals surface area contributed by atoms with Crippen LogP contribution in [0.4, 0.5) is 0 Å². The number of aryl methyl sites for hydroxylation is 1. The first-order chi connectivity index (χ1) is 11.5. The van der Waals surface area contributed by atoms with Crippen LogP contribution >= 0.6 is 0 Å². The number of aromatic nitrogens is 2. The molecule has 1 aliphatic heterocycles. The Labute approximate surface area is 141 Å². The molecule has 0 unspecified atom stereocenters. The molecule has 1 saturated heterocycles. The first kappa shape index (κ1) is 16.4. The van der Waals surface area contributed by atoms with Gasteiger partial charge in [0.1, 0.15) is 0 Å². The first-order valence-electron chi connectivity index (χ1n) is 8.20. The monoisotopic (exact) mass is 326 g/mol. The quantitative estimate of drug-likeness (QED) is 0.930. The molecule has 6 nitrogen and oxygen atoms in total. The number of nitrogens with one attached hydrogen (secondary N) is 1. The number of carbonyl (C=O) groups excluding carboxylic acids is 1. The molecule has 24 heavy (non-hydrogen) atoms. The highest BCUT2D eigenvalue weighted by Crippen LogP contribution is 2.20. The summed E-state index contributed by atoms with van der Waals surface area (Å²) >= 11 is 0. The van der Waals surface area contributed by atoms with Crippen molar-refractivity contribution in [3.8, 4) is 0 Å². The van der Waals surface area contributed by atoms with Crippen LogP contribution < -0.4 is 5.56 Å². The summed E-state index contributed by atoms with van der Waals surface area (Å²) in [4.78, 5) is 35.4. The van der Waals surface area contributed by atoms with E-state index in [2.05, 4.69) is 21.8 Å². The normalized spacial score (nSPS) is 16.8. The van der Waals surface area contributed by atoms with E-state index in [1.165, 1.54) is 6.07 Å². The average Bonchev–Trinajstić information content (AvgIpc) is 2.60. The van der Waals surface area contributed by atoms with E-state index in [1.54, 1.807) is 19.2 Å². The zero-order valence-corrected chi connectivity index (χ0v) is 14.0. The van der Waals surface area contributed by atoms with Crippen LogP contribution in [0.3, 0.4) is 0 Å². The highest BCUT2D eigenvalue weighted by atomic mass is 16.2. The molecular formula is C18H22N4O2. The Kier molecular flexibility index (Phi) is 4.76. The molecule has 2 aromatic heterocycles. The minimum Gasteiger partial charge on any atom is -0.336 e. The van der Waals surface area contributed by atoms with Gasteiger partial charge in [-0.25, -0.2) is 0 Å². The summed E-state index contributed by atoms with van der Waals surface area (Å²) in [6.07, 6.45) is 1.81. The molecule has 0 aliphatic carbocycles. The molecule has 1 aliphatic rings. The van der Waals surface area contributed by atoms with Crippen molar-refractivity contribution in [1.82, 2.24) is 19.8 Å². The Morgan fingerprint density at radius 2 is 1.96 bits per heavy atom. The second-order valence-electron chi connectivity index (χ2n) is 6.18. The molecule has 0 radical (unpaired) electrons. The first-order valence-corrected chi connectivity index (χ1v) is 8.20. The van der Waals surface area contributed by atoms with Crippen molar-refractivity contribution in [1.29, 1.82) is 0 Å². The number of pyridine rings is 2. The van der Waals surface area contributed by atoms with Crippen LogP contribution in [0, 0.1) is 6.92 Å². The number of amides is 1. The molecule has 3 heterocycles. The molecule has 2 aromatic rings. The molecule has 1 fully saturated rings. The standard InChI is InChI=1S/C18H22N4O2/c1-13-11-15(12-17(23)20-13)18(24)22-9-7-21(8-10-22)14(2)16-5-3-4-6-19-16/h3-6,11-12,14H,7-10H2,1-2H3,(H,20,23)/t14-/m0/s1. The topological polar surface area (TPSA) is 69.3 Å². The van der Waals surface area contributed by atoms with Gasteiger partial charge in [-0.3, -0.25) is 19.5 Å². The largest absolute Gasteiger partial charge is 0.336 e. The van der Waals surface area contributed by atoms with Crippen molar-refractivity contribution in [2.45, 2.75) is 19.9 Å². The Hall–Kier alpha value is -2.47. The highest BCUT2D eigenvalue weighted by molar-refractivity contribution is 5.94. The summed E-state index contributed by atoms with van der Waals surface area (Å²) < 4.78 is 0. The summed E-state index contributed by atoms with van der Waals surface area (Å²) in [5.41, 5.74) is 1.97. The molecule has 0 aromatic carbocycles. The summed E-state index contributed by atoms with van der Waals surface area (Å²) in [5, 5.41) is 0. The fraction of sp³-hybridized carbons (Fsp3) is 0.389. The van der Waals surface area contributed by atoms with Crippen LogP contribution in [0.15, 0.2) is 41.3 Å². The lowest BCUT2D eigenvalue weighted by atomic mass is 10.1. The van der Waals surface area contributed by atoms with Gasteiger partial charge in [0.2, 0.25) is 5.56 Å². The SMILES string of the molecule is Cc1cc(C(=O)N2CCN([C@@H](C)c3ccccn3)CC2)cc(=O)[nH]1. The van der Waals surface area contributed by atoms with Crippen LogP contribution in [0.5, 0.6) is 0 Å². The van der Waals surface area contributed by atoms with E-state index >= 15 is 0 Å². The van der Waals surface area contributed by atoms with Crippen molar-refractivity contribution in [2.24, 2.45) is 0 Å². The molecule has 3 rings (SSSR count). The maximum atomic E-state index is 12.6. The number of hydrogen-bond acceptors (Lipinski definition) is 4. The van der Waals surface area contributed by atoms with Crippen molar-refractivity contribution >= 4 is 5.91 Å². The van der Waals surface area contributed by atoms with Gasteiger partial charge in [0.15, 0.2) is 0 Å². The molecule has 0 bridgehead atoms. The minimum atomic E-state index is -0.235. The summed E-state index contributed by atoms with van der Waals surface area (Å²) in [5.74, 6) is -0.0747. The van der Waals surface area contributed by atoms with Crippen LogP contribution in [0.2, 0.25) is 0 Å². The molecule has 1 amide bonds. The van der Waals surface area contributed by atoms with Gasteiger partial charge >= 0.3 is 0 Å².